The van der Waals surface area contributed by atoms with Crippen molar-refractivity contribution in [1.82, 2.24) is 0 Å². The number of rotatable bonds is 3. The van der Waals surface area contributed by atoms with Crippen LogP contribution in [-0.2, 0) is 11.4 Å². The van der Waals surface area contributed by atoms with E-state index in [1.165, 1.54) is 4.88 Å². The predicted octanol–water partition coefficient (Wildman–Crippen LogP) is 1.88. The molecular weight excluding hydrogens is 134 g/mol. The molecule has 0 N–H and O–H groups in total. The van der Waals surface area contributed by atoms with Crippen LogP contribution in [0, 0.1) is 0 Å². The molecule has 0 radical (unpaired) electrons. The van der Waals surface area contributed by atoms with E-state index in [4.69, 9.17) is 4.84 Å². The van der Waals surface area contributed by atoms with Gasteiger partial charge >= 0.3 is 0 Å². The van der Waals surface area contributed by atoms with Crippen LogP contribution < -0.4 is 0 Å². The van der Waals surface area contributed by atoms with Gasteiger partial charge in [0.2, 0.25) is 0 Å². The smallest absolute Gasteiger partial charge is 0.151 e. The Bertz CT molecular complexity index is 171. The number of thiophene rings is 1. The third kappa shape index (κ3) is 1.85. The molecule has 2 nitrogen and oxygen atoms in total. The molecule has 0 aromatic carbocycles. The second-order valence-electron chi connectivity index (χ2n) is 1.48. The van der Waals surface area contributed by atoms with Crippen molar-refractivity contribution in [2.24, 2.45) is 5.16 Å². The van der Waals surface area contributed by atoms with Gasteiger partial charge in [0.1, 0.15) is 0 Å². The van der Waals surface area contributed by atoms with Gasteiger partial charge in [-0.2, -0.15) is 0 Å². The third-order valence-corrected chi connectivity index (χ3v) is 1.73. The quantitative estimate of drug-likeness (QED) is 0.465. The fraction of sp³-hybridized carbons (Fsp3) is 0.167. The summed E-state index contributed by atoms with van der Waals surface area (Å²) in [6, 6.07) is 3.97. The first-order valence-electron chi connectivity index (χ1n) is 2.54. The minimum atomic E-state index is 0.543. The van der Waals surface area contributed by atoms with Crippen molar-refractivity contribution >= 4 is 18.1 Å². The zero-order valence-corrected chi connectivity index (χ0v) is 5.73. The molecule has 1 rings (SSSR count). The highest BCUT2D eigenvalue weighted by atomic mass is 32.1. The molecule has 0 spiro atoms. The van der Waals surface area contributed by atoms with E-state index < -0.39 is 0 Å². The lowest BCUT2D eigenvalue weighted by Crippen LogP contribution is -1.78. The summed E-state index contributed by atoms with van der Waals surface area (Å²) in [7, 11) is 0. The molecule has 0 aliphatic rings. The molecule has 9 heavy (non-hydrogen) atoms. The number of nitrogens with zero attached hydrogens (tertiary/aromatic N) is 1. The van der Waals surface area contributed by atoms with E-state index in [2.05, 4.69) is 11.9 Å². The van der Waals surface area contributed by atoms with Crippen LogP contribution in [0.5, 0.6) is 0 Å². The Morgan fingerprint density at radius 1 is 1.78 bits per heavy atom. The summed E-state index contributed by atoms with van der Waals surface area (Å²) < 4.78 is 0. The first-order valence-corrected chi connectivity index (χ1v) is 3.42. The minimum absolute atomic E-state index is 0.543. The second kappa shape index (κ2) is 3.25. The number of oxime groups is 1. The summed E-state index contributed by atoms with van der Waals surface area (Å²) in [6.07, 6.45) is 0. The van der Waals surface area contributed by atoms with Crippen molar-refractivity contribution in [2.75, 3.05) is 0 Å². The Balaban J connectivity index is 2.38. The largest absolute Gasteiger partial charge is 0.391 e. The lowest BCUT2D eigenvalue weighted by molar-refractivity contribution is 0.135. The van der Waals surface area contributed by atoms with E-state index >= 15 is 0 Å². The first-order chi connectivity index (χ1) is 4.43. The van der Waals surface area contributed by atoms with Crippen molar-refractivity contribution in [1.29, 1.82) is 0 Å². The third-order valence-electron chi connectivity index (χ3n) is 0.878. The van der Waals surface area contributed by atoms with Crippen molar-refractivity contribution < 1.29 is 4.84 Å². The highest BCUT2D eigenvalue weighted by Crippen LogP contribution is 2.08. The molecule has 1 heterocycles. The molecule has 0 saturated carbocycles. The molecule has 0 saturated heterocycles. The van der Waals surface area contributed by atoms with Crippen molar-refractivity contribution in [3.63, 3.8) is 0 Å². The topological polar surface area (TPSA) is 21.6 Å². The Labute approximate surface area is 57.8 Å². The van der Waals surface area contributed by atoms with E-state index in [0.29, 0.717) is 6.61 Å². The Kier molecular flexibility index (Phi) is 2.27. The molecule has 48 valence electrons. The van der Waals surface area contributed by atoms with Crippen molar-refractivity contribution in [3.05, 3.63) is 22.4 Å². The van der Waals surface area contributed by atoms with Gasteiger partial charge in [-0.25, -0.2) is 0 Å². The monoisotopic (exact) mass is 141 g/mol. The van der Waals surface area contributed by atoms with Crippen LogP contribution in [0.2, 0.25) is 0 Å². The summed E-state index contributed by atoms with van der Waals surface area (Å²) in [6.45, 7) is 3.74. The van der Waals surface area contributed by atoms with Gasteiger partial charge in [-0.1, -0.05) is 6.07 Å². The maximum Gasteiger partial charge on any atom is 0.151 e. The maximum atomic E-state index is 4.70. The maximum absolute atomic E-state index is 4.70. The van der Waals surface area contributed by atoms with Gasteiger partial charge < -0.3 is 4.84 Å². The van der Waals surface area contributed by atoms with Crippen LogP contribution in [0.15, 0.2) is 22.7 Å². The minimum Gasteiger partial charge on any atom is -0.391 e. The van der Waals surface area contributed by atoms with E-state index in [-0.39, 0.29) is 0 Å². The molecule has 0 aliphatic heterocycles. The van der Waals surface area contributed by atoms with Gasteiger partial charge in [-0.05, 0) is 11.4 Å². The summed E-state index contributed by atoms with van der Waals surface area (Å²) in [5, 5.41) is 5.27. The highest BCUT2D eigenvalue weighted by molar-refractivity contribution is 7.09. The normalized spacial score (nSPS) is 8.89. The summed E-state index contributed by atoms with van der Waals surface area (Å²) in [4.78, 5) is 5.87. The van der Waals surface area contributed by atoms with Gasteiger partial charge in [0.15, 0.2) is 6.61 Å². The van der Waals surface area contributed by atoms with Gasteiger partial charge in [-0.15, -0.1) is 16.5 Å². The SMILES string of the molecule is C=NOCc1cccs1. The summed E-state index contributed by atoms with van der Waals surface area (Å²) >= 11 is 1.65. The second-order valence-corrected chi connectivity index (χ2v) is 2.51. The Morgan fingerprint density at radius 2 is 2.67 bits per heavy atom. The van der Waals surface area contributed by atoms with E-state index in [1.807, 2.05) is 17.5 Å². The average molecular weight is 141 g/mol. The number of hydrogen-bond acceptors (Lipinski definition) is 3. The highest BCUT2D eigenvalue weighted by Gasteiger charge is 1.89. The summed E-state index contributed by atoms with van der Waals surface area (Å²) in [5.74, 6) is 0. The van der Waals surface area contributed by atoms with Crippen LogP contribution >= 0.6 is 11.3 Å². The van der Waals surface area contributed by atoms with Crippen LogP contribution in [-0.4, -0.2) is 6.72 Å². The van der Waals surface area contributed by atoms with Gasteiger partial charge in [0, 0.05) is 11.6 Å². The van der Waals surface area contributed by atoms with Gasteiger partial charge in [0.05, 0.1) is 0 Å². The zero-order chi connectivity index (χ0) is 6.53. The molecule has 0 unspecified atom stereocenters. The molecule has 0 bridgehead atoms. The Morgan fingerprint density at radius 3 is 3.22 bits per heavy atom. The van der Waals surface area contributed by atoms with E-state index in [9.17, 15) is 0 Å². The van der Waals surface area contributed by atoms with E-state index in [1.54, 1.807) is 11.3 Å². The van der Waals surface area contributed by atoms with Crippen LogP contribution in [0.25, 0.3) is 0 Å². The molecule has 0 atom stereocenters. The summed E-state index contributed by atoms with van der Waals surface area (Å²) in [5.41, 5.74) is 0. The molecule has 1 aromatic heterocycles. The first kappa shape index (κ1) is 6.29. The van der Waals surface area contributed by atoms with Crippen LogP contribution in [0.1, 0.15) is 4.88 Å². The number of hydrogen-bond donors (Lipinski definition) is 0. The molecular formula is C6H7NOS. The standard InChI is InChI=1S/C6H7NOS/c1-7-8-5-6-3-2-4-9-6/h2-4H,1,5H2. The van der Waals surface area contributed by atoms with E-state index in [0.717, 1.165) is 0 Å². The lowest BCUT2D eigenvalue weighted by Gasteiger charge is -1.91. The fourth-order valence-corrected chi connectivity index (χ4v) is 1.11. The average Bonchev–Trinajstić information content (AvgIpc) is 2.34. The van der Waals surface area contributed by atoms with Gasteiger partial charge in [0.25, 0.3) is 0 Å². The van der Waals surface area contributed by atoms with Crippen LogP contribution in [0.4, 0.5) is 0 Å². The predicted molar refractivity (Wildman–Crippen MR) is 38.7 cm³/mol. The molecule has 0 amide bonds. The lowest BCUT2D eigenvalue weighted by atomic mass is 10.5. The van der Waals surface area contributed by atoms with Crippen LogP contribution in [0.3, 0.4) is 0 Å². The molecule has 0 aliphatic carbocycles. The molecule has 3 heteroatoms. The zero-order valence-electron chi connectivity index (χ0n) is 4.91. The van der Waals surface area contributed by atoms with Crippen molar-refractivity contribution in [2.45, 2.75) is 6.61 Å². The molecule has 1 aromatic rings. The fourth-order valence-electron chi connectivity index (χ4n) is 0.504. The van der Waals surface area contributed by atoms with Crippen molar-refractivity contribution in [3.8, 4) is 0 Å². The Hall–Kier alpha value is -0.830. The molecule has 0 fully saturated rings. The van der Waals surface area contributed by atoms with Gasteiger partial charge in [-0.3, -0.25) is 0 Å².